The van der Waals surface area contributed by atoms with Crippen molar-refractivity contribution in [2.75, 3.05) is 13.1 Å². The van der Waals surface area contributed by atoms with Gasteiger partial charge in [-0.05, 0) is 37.2 Å². The third-order valence-electron chi connectivity index (χ3n) is 3.51. The zero-order valence-electron chi connectivity index (χ0n) is 10.4. The summed E-state index contributed by atoms with van der Waals surface area (Å²) in [6.45, 7) is 1.99. The lowest BCUT2D eigenvalue weighted by atomic mass is 10.3. The molecule has 6 heteroatoms. The first-order valence-electron chi connectivity index (χ1n) is 6.31. The highest BCUT2D eigenvalue weighted by molar-refractivity contribution is 7.71. The molecule has 1 aromatic carbocycles. The average Bonchev–Trinajstić information content (AvgIpc) is 3.00. The Hall–Kier alpha value is -1.33. The van der Waals surface area contributed by atoms with E-state index in [1.807, 2.05) is 27.7 Å². The summed E-state index contributed by atoms with van der Waals surface area (Å²) in [7, 11) is 0. The molecule has 0 aliphatic carbocycles. The van der Waals surface area contributed by atoms with Gasteiger partial charge in [0.05, 0.1) is 16.1 Å². The summed E-state index contributed by atoms with van der Waals surface area (Å²) in [6.07, 6.45) is 2.19. The lowest BCUT2D eigenvalue weighted by Gasteiger charge is -2.15. The first kappa shape index (κ1) is 12.7. The Morgan fingerprint density at radius 3 is 2.84 bits per heavy atom. The first-order valence-corrected chi connectivity index (χ1v) is 7.10. The molecule has 1 N–H and O–H groups in total. The minimum atomic E-state index is 0.120. The molecule has 0 radical (unpaired) electrons. The van der Waals surface area contributed by atoms with Crippen molar-refractivity contribution in [3.63, 3.8) is 0 Å². The molecule has 0 atom stereocenters. The fourth-order valence-corrected chi connectivity index (χ4v) is 2.99. The first-order chi connectivity index (χ1) is 9.16. The summed E-state index contributed by atoms with van der Waals surface area (Å²) < 4.78 is 2.35. The van der Waals surface area contributed by atoms with Gasteiger partial charge in [0.15, 0.2) is 4.77 Å². The van der Waals surface area contributed by atoms with E-state index in [-0.39, 0.29) is 12.5 Å². The molecular formula is C13H14ClN3OS. The van der Waals surface area contributed by atoms with E-state index in [4.69, 9.17) is 23.8 Å². The van der Waals surface area contributed by atoms with Crippen molar-refractivity contribution in [3.05, 3.63) is 28.0 Å². The summed E-state index contributed by atoms with van der Waals surface area (Å²) in [5.74, 6) is 0.120. The molecule has 0 saturated carbocycles. The van der Waals surface area contributed by atoms with Gasteiger partial charge in [0, 0.05) is 13.1 Å². The number of hydrogen-bond donors (Lipinski definition) is 1. The highest BCUT2D eigenvalue weighted by Gasteiger charge is 2.19. The van der Waals surface area contributed by atoms with Crippen molar-refractivity contribution in [2.45, 2.75) is 19.4 Å². The maximum absolute atomic E-state index is 12.2. The minimum Gasteiger partial charge on any atom is -0.341 e. The van der Waals surface area contributed by atoms with Gasteiger partial charge in [0.1, 0.15) is 6.54 Å². The topological polar surface area (TPSA) is 41.0 Å². The number of carbonyl (C=O) groups excluding carboxylic acids is 1. The van der Waals surface area contributed by atoms with Crippen LogP contribution in [0.15, 0.2) is 18.2 Å². The fraction of sp³-hybridized carbons (Fsp3) is 0.385. The van der Waals surface area contributed by atoms with Crippen LogP contribution in [0.2, 0.25) is 5.02 Å². The largest absolute Gasteiger partial charge is 0.341 e. The Bertz CT molecular complexity index is 685. The summed E-state index contributed by atoms with van der Waals surface area (Å²) >= 11 is 11.4. The summed E-state index contributed by atoms with van der Waals surface area (Å²) in [5, 5.41) is 0.621. The van der Waals surface area contributed by atoms with E-state index in [2.05, 4.69) is 4.98 Å². The van der Waals surface area contributed by atoms with Crippen LogP contribution in [0.4, 0.5) is 0 Å². The van der Waals surface area contributed by atoms with Crippen LogP contribution >= 0.6 is 23.8 Å². The minimum absolute atomic E-state index is 0.120. The second kappa shape index (κ2) is 4.98. The highest BCUT2D eigenvalue weighted by Crippen LogP contribution is 2.22. The van der Waals surface area contributed by atoms with E-state index in [1.54, 1.807) is 0 Å². The number of aromatic nitrogens is 2. The van der Waals surface area contributed by atoms with Crippen molar-refractivity contribution in [2.24, 2.45) is 0 Å². The molecular weight excluding hydrogens is 282 g/mol. The zero-order valence-corrected chi connectivity index (χ0v) is 11.9. The lowest BCUT2D eigenvalue weighted by Crippen LogP contribution is -2.31. The Kier molecular flexibility index (Phi) is 3.33. The third-order valence-corrected chi connectivity index (χ3v) is 4.15. The maximum Gasteiger partial charge on any atom is 0.242 e. The molecule has 1 saturated heterocycles. The summed E-state index contributed by atoms with van der Waals surface area (Å²) in [5.41, 5.74) is 1.67. The second-order valence-corrected chi connectivity index (χ2v) is 5.53. The number of likely N-dealkylation sites (tertiary alicyclic amines) is 1. The number of halogens is 1. The number of nitrogens with zero attached hydrogens (tertiary/aromatic N) is 2. The molecule has 1 fully saturated rings. The van der Waals surface area contributed by atoms with Gasteiger partial charge in [-0.3, -0.25) is 4.79 Å². The molecule has 1 aromatic heterocycles. The smallest absolute Gasteiger partial charge is 0.242 e. The van der Waals surface area contributed by atoms with Crippen LogP contribution in [-0.2, 0) is 11.3 Å². The number of H-pyrrole nitrogens is 1. The van der Waals surface area contributed by atoms with Crippen LogP contribution in [0, 0.1) is 4.77 Å². The number of rotatable bonds is 2. The molecule has 1 aliphatic heterocycles. The molecule has 0 bridgehead atoms. The van der Waals surface area contributed by atoms with Crippen molar-refractivity contribution >= 4 is 40.8 Å². The number of fused-ring (bicyclic) bond motifs is 1. The highest BCUT2D eigenvalue weighted by atomic mass is 35.5. The molecule has 0 unspecified atom stereocenters. The van der Waals surface area contributed by atoms with Crippen LogP contribution in [0.5, 0.6) is 0 Å². The Morgan fingerprint density at radius 2 is 2.11 bits per heavy atom. The Labute approximate surface area is 121 Å². The molecule has 100 valence electrons. The van der Waals surface area contributed by atoms with E-state index in [0.29, 0.717) is 9.79 Å². The quantitative estimate of drug-likeness (QED) is 0.866. The van der Waals surface area contributed by atoms with Crippen LogP contribution < -0.4 is 0 Å². The molecule has 0 spiro atoms. The molecule has 19 heavy (non-hydrogen) atoms. The van der Waals surface area contributed by atoms with Gasteiger partial charge in [-0.25, -0.2) is 0 Å². The number of carbonyl (C=O) groups is 1. The fourth-order valence-electron chi connectivity index (χ4n) is 2.50. The Morgan fingerprint density at radius 1 is 1.37 bits per heavy atom. The summed E-state index contributed by atoms with van der Waals surface area (Å²) in [6, 6.07) is 5.59. The zero-order chi connectivity index (χ0) is 13.4. The van der Waals surface area contributed by atoms with Gasteiger partial charge in [-0.15, -0.1) is 0 Å². The number of imidazole rings is 1. The van der Waals surface area contributed by atoms with Gasteiger partial charge in [-0.1, -0.05) is 17.7 Å². The standard InChI is InChI=1S/C13H14ClN3OS/c14-9-4-3-5-10-12(9)15-13(19)17(10)8-11(18)16-6-1-2-7-16/h3-5H,1-2,6-8H2,(H,15,19). The number of aromatic amines is 1. The molecule has 1 aliphatic rings. The van der Waals surface area contributed by atoms with Crippen molar-refractivity contribution < 1.29 is 4.79 Å². The predicted octanol–water partition coefficient (Wildman–Crippen LogP) is 2.97. The van der Waals surface area contributed by atoms with E-state index in [9.17, 15) is 4.79 Å². The van der Waals surface area contributed by atoms with Gasteiger partial charge in [-0.2, -0.15) is 0 Å². The van der Waals surface area contributed by atoms with Gasteiger partial charge < -0.3 is 14.5 Å². The maximum atomic E-state index is 12.2. The lowest BCUT2D eigenvalue weighted by molar-refractivity contribution is -0.130. The van der Waals surface area contributed by atoms with Crippen LogP contribution in [0.1, 0.15) is 12.8 Å². The molecule has 2 heterocycles. The molecule has 2 aromatic rings. The molecule has 1 amide bonds. The normalized spacial score (nSPS) is 15.3. The van der Waals surface area contributed by atoms with Crippen LogP contribution in [0.25, 0.3) is 11.0 Å². The van der Waals surface area contributed by atoms with Crippen LogP contribution in [-0.4, -0.2) is 33.4 Å². The number of benzene rings is 1. The second-order valence-electron chi connectivity index (χ2n) is 4.74. The predicted molar refractivity (Wildman–Crippen MR) is 77.9 cm³/mol. The van der Waals surface area contributed by atoms with Gasteiger partial charge >= 0.3 is 0 Å². The third kappa shape index (κ3) is 2.28. The number of para-hydroxylation sites is 1. The monoisotopic (exact) mass is 295 g/mol. The average molecular weight is 296 g/mol. The van der Waals surface area contributed by atoms with Crippen molar-refractivity contribution in [1.29, 1.82) is 0 Å². The molecule has 3 rings (SSSR count). The SMILES string of the molecule is O=C(Cn1c(=S)[nH]c2c(Cl)cccc21)N1CCCC1. The Balaban J connectivity index is 1.96. The van der Waals surface area contributed by atoms with E-state index >= 15 is 0 Å². The van der Waals surface area contributed by atoms with Gasteiger partial charge in [0.25, 0.3) is 0 Å². The van der Waals surface area contributed by atoms with E-state index < -0.39 is 0 Å². The molecule has 4 nitrogen and oxygen atoms in total. The van der Waals surface area contributed by atoms with Crippen molar-refractivity contribution in [1.82, 2.24) is 14.5 Å². The number of hydrogen-bond acceptors (Lipinski definition) is 2. The van der Waals surface area contributed by atoms with E-state index in [0.717, 1.165) is 37.0 Å². The number of amides is 1. The van der Waals surface area contributed by atoms with E-state index in [1.165, 1.54) is 0 Å². The van der Waals surface area contributed by atoms with Gasteiger partial charge in [0.2, 0.25) is 5.91 Å². The number of nitrogens with one attached hydrogen (secondary N) is 1. The summed E-state index contributed by atoms with van der Waals surface area (Å²) in [4.78, 5) is 17.2. The van der Waals surface area contributed by atoms with Crippen molar-refractivity contribution in [3.8, 4) is 0 Å². The van der Waals surface area contributed by atoms with Crippen LogP contribution in [0.3, 0.4) is 0 Å².